The second-order valence-electron chi connectivity index (χ2n) is 6.46. The lowest BCUT2D eigenvalue weighted by Crippen LogP contribution is -2.41. The highest BCUT2D eigenvalue weighted by molar-refractivity contribution is 14.0. The van der Waals surface area contributed by atoms with Gasteiger partial charge in [-0.3, -0.25) is 4.99 Å². The zero-order chi connectivity index (χ0) is 20.6. The number of aliphatic imine (C=N–C) groups is 1. The van der Waals surface area contributed by atoms with Crippen molar-refractivity contribution in [2.24, 2.45) is 4.99 Å². The fourth-order valence-corrected chi connectivity index (χ4v) is 4.49. The van der Waals surface area contributed by atoms with Gasteiger partial charge in [-0.2, -0.15) is 0 Å². The number of hydrogen-bond donors (Lipinski definition) is 3. The average Bonchev–Trinajstić information content (AvgIpc) is 3.17. The molecule has 0 aliphatic carbocycles. The summed E-state index contributed by atoms with van der Waals surface area (Å²) in [6.45, 7) is 7.24. The summed E-state index contributed by atoms with van der Waals surface area (Å²) in [7, 11) is -1.77. The summed E-state index contributed by atoms with van der Waals surface area (Å²) < 4.78 is 32.9. The van der Waals surface area contributed by atoms with Gasteiger partial charge in [0.15, 0.2) is 5.96 Å². The van der Waals surface area contributed by atoms with E-state index in [1.807, 2.05) is 39.0 Å². The second-order valence-corrected chi connectivity index (χ2v) is 9.40. The number of benzene rings is 1. The van der Waals surface area contributed by atoms with Crippen LogP contribution in [0.2, 0.25) is 0 Å². The van der Waals surface area contributed by atoms with Crippen molar-refractivity contribution in [3.63, 3.8) is 0 Å². The topological polar surface area (TPSA) is 91.8 Å². The number of thiophene rings is 1. The monoisotopic (exact) mass is 552 g/mol. The molecule has 0 saturated carbocycles. The molecule has 1 aromatic heterocycles. The van der Waals surface area contributed by atoms with Gasteiger partial charge < -0.3 is 15.4 Å². The van der Waals surface area contributed by atoms with Gasteiger partial charge in [-0.1, -0.05) is 18.2 Å². The lowest BCUT2D eigenvalue weighted by Gasteiger charge is -2.17. The van der Waals surface area contributed by atoms with Crippen molar-refractivity contribution in [2.45, 2.75) is 37.6 Å². The maximum atomic E-state index is 12.1. The number of nitrogens with zero attached hydrogens (tertiary/aromatic N) is 1. The Hall–Kier alpha value is -1.37. The van der Waals surface area contributed by atoms with Crippen molar-refractivity contribution in [1.82, 2.24) is 15.4 Å². The number of nitrogens with one attached hydrogen (secondary N) is 3. The van der Waals surface area contributed by atoms with E-state index >= 15 is 0 Å². The van der Waals surface area contributed by atoms with Crippen molar-refractivity contribution in [3.8, 4) is 5.75 Å². The molecule has 29 heavy (non-hydrogen) atoms. The summed E-state index contributed by atoms with van der Waals surface area (Å²) >= 11 is 1.19. The molecule has 0 bridgehead atoms. The van der Waals surface area contributed by atoms with E-state index in [-0.39, 0.29) is 36.6 Å². The highest BCUT2D eigenvalue weighted by Crippen LogP contribution is 2.21. The van der Waals surface area contributed by atoms with Crippen LogP contribution in [0.15, 0.2) is 44.9 Å². The third kappa shape index (κ3) is 8.49. The molecule has 0 saturated heterocycles. The Kier molecular flexibility index (Phi) is 10.9. The summed E-state index contributed by atoms with van der Waals surface area (Å²) in [6, 6.07) is 9.39. The molecule has 7 nitrogen and oxygen atoms in total. The van der Waals surface area contributed by atoms with Crippen LogP contribution in [0.5, 0.6) is 5.75 Å². The van der Waals surface area contributed by atoms with Gasteiger partial charge in [0.25, 0.3) is 0 Å². The lowest BCUT2D eigenvalue weighted by atomic mass is 10.1. The standard InChI is InChI=1S/C19H28N4O3S2.HI/c1-14(2)26-17-12-15(3)7-8-16(17)13-22-19(20-4)21-9-10-23-28(24,25)18-6-5-11-27-18;/h5-8,11-12,14,23H,9-10,13H2,1-4H3,(H2,20,21,22);1H. The van der Waals surface area contributed by atoms with Crippen LogP contribution in [-0.2, 0) is 16.6 Å². The van der Waals surface area contributed by atoms with Crippen LogP contribution in [0, 0.1) is 6.92 Å². The van der Waals surface area contributed by atoms with Gasteiger partial charge in [0, 0.05) is 32.2 Å². The van der Waals surface area contributed by atoms with Crippen LogP contribution in [0.25, 0.3) is 0 Å². The summed E-state index contributed by atoms with van der Waals surface area (Å²) in [4.78, 5) is 4.17. The van der Waals surface area contributed by atoms with Gasteiger partial charge in [-0.25, -0.2) is 13.1 Å². The van der Waals surface area contributed by atoms with Gasteiger partial charge in [0.1, 0.15) is 9.96 Å². The van der Waals surface area contributed by atoms with E-state index in [9.17, 15) is 8.42 Å². The first-order valence-corrected chi connectivity index (χ1v) is 11.4. The van der Waals surface area contributed by atoms with E-state index in [1.54, 1.807) is 24.6 Å². The summed E-state index contributed by atoms with van der Waals surface area (Å²) in [5, 5.41) is 8.07. The molecule has 0 aliphatic heterocycles. The van der Waals surface area contributed by atoms with E-state index in [1.165, 1.54) is 11.3 Å². The van der Waals surface area contributed by atoms with E-state index < -0.39 is 10.0 Å². The highest BCUT2D eigenvalue weighted by atomic mass is 127. The molecule has 2 aromatic rings. The maximum Gasteiger partial charge on any atom is 0.250 e. The molecular formula is C19H29IN4O3S2. The Balaban J connectivity index is 0.00000420. The normalized spacial score (nSPS) is 11.8. The molecule has 0 radical (unpaired) electrons. The highest BCUT2D eigenvalue weighted by Gasteiger charge is 2.14. The second kappa shape index (κ2) is 12.4. The van der Waals surface area contributed by atoms with Gasteiger partial charge in [-0.15, -0.1) is 35.3 Å². The predicted molar refractivity (Wildman–Crippen MR) is 130 cm³/mol. The van der Waals surface area contributed by atoms with Gasteiger partial charge in [-0.05, 0) is 43.8 Å². The third-order valence-electron chi connectivity index (χ3n) is 3.72. The third-order valence-corrected chi connectivity index (χ3v) is 6.58. The zero-order valence-electron chi connectivity index (χ0n) is 17.1. The largest absolute Gasteiger partial charge is 0.491 e. The number of ether oxygens (including phenoxy) is 1. The first-order chi connectivity index (χ1) is 13.3. The number of halogens is 1. The fraction of sp³-hybridized carbons (Fsp3) is 0.421. The first-order valence-electron chi connectivity index (χ1n) is 9.05. The van der Waals surface area contributed by atoms with Crippen molar-refractivity contribution in [1.29, 1.82) is 0 Å². The molecule has 10 heteroatoms. The molecular weight excluding hydrogens is 523 g/mol. The number of sulfonamides is 1. The van der Waals surface area contributed by atoms with Gasteiger partial charge in [0.2, 0.25) is 10.0 Å². The number of aryl methyl sites for hydroxylation is 1. The quantitative estimate of drug-likeness (QED) is 0.193. The molecule has 0 aliphatic rings. The predicted octanol–water partition coefficient (Wildman–Crippen LogP) is 3.11. The molecule has 0 fully saturated rings. The Morgan fingerprint density at radius 2 is 1.97 bits per heavy atom. The summed E-state index contributed by atoms with van der Waals surface area (Å²) in [5.74, 6) is 1.44. The SMILES string of the molecule is CN=C(NCCNS(=O)(=O)c1cccs1)NCc1ccc(C)cc1OC(C)C.I. The molecule has 162 valence electrons. The minimum Gasteiger partial charge on any atom is -0.491 e. The Morgan fingerprint density at radius 3 is 2.59 bits per heavy atom. The molecule has 0 spiro atoms. The summed E-state index contributed by atoms with van der Waals surface area (Å²) in [5.41, 5.74) is 2.17. The fourth-order valence-electron chi connectivity index (χ4n) is 2.42. The van der Waals surface area contributed by atoms with Crippen LogP contribution in [0.3, 0.4) is 0 Å². The Morgan fingerprint density at radius 1 is 1.21 bits per heavy atom. The van der Waals surface area contributed by atoms with Crippen molar-refractivity contribution in [2.75, 3.05) is 20.1 Å². The van der Waals surface area contributed by atoms with Crippen molar-refractivity contribution >= 4 is 51.3 Å². The van der Waals surface area contributed by atoms with Crippen LogP contribution < -0.4 is 20.1 Å². The smallest absolute Gasteiger partial charge is 0.250 e. The van der Waals surface area contributed by atoms with E-state index in [0.717, 1.165) is 16.9 Å². The minimum atomic E-state index is -3.45. The van der Waals surface area contributed by atoms with Crippen LogP contribution in [0.4, 0.5) is 0 Å². The van der Waals surface area contributed by atoms with Crippen LogP contribution >= 0.6 is 35.3 Å². The first kappa shape index (κ1) is 25.7. The Labute approximate surface area is 194 Å². The molecule has 0 unspecified atom stereocenters. The molecule has 1 heterocycles. The summed E-state index contributed by atoms with van der Waals surface area (Å²) in [6.07, 6.45) is 0.0920. The molecule has 0 amide bonds. The van der Waals surface area contributed by atoms with Crippen molar-refractivity contribution < 1.29 is 13.2 Å². The molecule has 0 atom stereocenters. The maximum absolute atomic E-state index is 12.1. The van der Waals surface area contributed by atoms with Crippen molar-refractivity contribution in [3.05, 3.63) is 46.8 Å². The minimum absolute atomic E-state index is 0. The molecule has 2 rings (SSSR count). The molecule has 3 N–H and O–H groups in total. The van der Waals surface area contributed by atoms with E-state index in [4.69, 9.17) is 4.74 Å². The zero-order valence-corrected chi connectivity index (χ0v) is 21.0. The Bertz CT molecular complexity index is 885. The van der Waals surface area contributed by atoms with Crippen LogP contribution in [-0.4, -0.2) is 40.6 Å². The van der Waals surface area contributed by atoms with Crippen LogP contribution in [0.1, 0.15) is 25.0 Å². The number of hydrogen-bond acceptors (Lipinski definition) is 5. The van der Waals surface area contributed by atoms with Gasteiger partial charge >= 0.3 is 0 Å². The van der Waals surface area contributed by atoms with E-state index in [0.29, 0.717) is 23.3 Å². The van der Waals surface area contributed by atoms with Gasteiger partial charge in [0.05, 0.1) is 6.10 Å². The number of rotatable bonds is 9. The lowest BCUT2D eigenvalue weighted by molar-refractivity contribution is 0.239. The number of guanidine groups is 1. The van der Waals surface area contributed by atoms with E-state index in [2.05, 4.69) is 20.3 Å². The average molecular weight is 553 g/mol. The molecule has 1 aromatic carbocycles.